The minimum absolute atomic E-state index is 0.172. The second-order valence-electron chi connectivity index (χ2n) is 8.06. The van der Waals surface area contributed by atoms with Crippen LogP contribution >= 0.6 is 0 Å². The molecule has 2 aliphatic heterocycles. The molecule has 2 aliphatic rings. The summed E-state index contributed by atoms with van der Waals surface area (Å²) in [5.41, 5.74) is 1.20. The van der Waals surface area contributed by atoms with Gasteiger partial charge in [0.1, 0.15) is 6.04 Å². The summed E-state index contributed by atoms with van der Waals surface area (Å²) < 4.78 is 32.7. The Labute approximate surface area is 182 Å². The quantitative estimate of drug-likeness (QED) is 0.763. The lowest BCUT2D eigenvalue weighted by atomic mass is 10.1. The third-order valence-corrected chi connectivity index (χ3v) is 7.86. The molecule has 0 aliphatic carbocycles. The van der Waals surface area contributed by atoms with Gasteiger partial charge in [-0.3, -0.25) is 9.59 Å². The molecule has 166 valence electrons. The van der Waals surface area contributed by atoms with Crippen LogP contribution in [0.3, 0.4) is 0 Å². The zero-order valence-electron chi connectivity index (χ0n) is 17.5. The molecule has 2 saturated heterocycles. The van der Waals surface area contributed by atoms with E-state index in [4.69, 9.17) is 4.42 Å². The van der Waals surface area contributed by atoms with Crippen LogP contribution < -0.4 is 5.32 Å². The van der Waals surface area contributed by atoms with E-state index in [1.165, 1.54) is 21.5 Å². The number of amides is 2. The van der Waals surface area contributed by atoms with Gasteiger partial charge in [-0.15, -0.1) is 0 Å². The van der Waals surface area contributed by atoms with Crippen LogP contribution in [-0.2, 0) is 14.8 Å². The van der Waals surface area contributed by atoms with E-state index in [9.17, 15) is 18.0 Å². The number of carbonyl (C=O) groups excluding carboxylic acids is 2. The number of anilines is 1. The normalized spacial score (nSPS) is 20.0. The number of benzene rings is 1. The lowest BCUT2D eigenvalue weighted by molar-refractivity contribution is -0.119. The standard InChI is InChI=1S/C22H27N3O5S/c1-16-9-10-17(31(28,29)24-11-3-2-4-12-24)15-18(16)23-21(26)19-7-5-13-25(19)22(27)20-8-6-14-30-20/h6,8-10,14-15,19H,2-5,7,11-13H2,1H3,(H,23,26). The first-order valence-electron chi connectivity index (χ1n) is 10.6. The van der Waals surface area contributed by atoms with Gasteiger partial charge in [0.25, 0.3) is 5.91 Å². The second kappa shape index (κ2) is 8.84. The Balaban J connectivity index is 1.53. The minimum atomic E-state index is -3.60. The molecular formula is C22H27N3O5S. The number of nitrogens with zero attached hydrogens (tertiary/aromatic N) is 2. The van der Waals surface area contributed by atoms with Crippen molar-refractivity contribution >= 4 is 27.5 Å². The van der Waals surface area contributed by atoms with Crippen LogP contribution in [0.1, 0.15) is 48.2 Å². The summed E-state index contributed by atoms with van der Waals surface area (Å²) in [6.45, 7) is 3.32. The molecule has 0 saturated carbocycles. The third kappa shape index (κ3) is 4.38. The number of sulfonamides is 1. The molecule has 2 fully saturated rings. The van der Waals surface area contributed by atoms with E-state index in [0.29, 0.717) is 38.2 Å². The van der Waals surface area contributed by atoms with Crippen molar-refractivity contribution in [2.24, 2.45) is 0 Å². The van der Waals surface area contributed by atoms with E-state index in [1.807, 2.05) is 6.92 Å². The van der Waals surface area contributed by atoms with Crippen LogP contribution in [0.5, 0.6) is 0 Å². The van der Waals surface area contributed by atoms with Crippen molar-refractivity contribution in [2.45, 2.75) is 50.0 Å². The van der Waals surface area contributed by atoms with E-state index >= 15 is 0 Å². The summed E-state index contributed by atoms with van der Waals surface area (Å²) in [7, 11) is -3.60. The summed E-state index contributed by atoms with van der Waals surface area (Å²) in [5.74, 6) is -0.445. The number of furan rings is 1. The summed E-state index contributed by atoms with van der Waals surface area (Å²) >= 11 is 0. The average Bonchev–Trinajstić information content (AvgIpc) is 3.47. The van der Waals surface area contributed by atoms with Crippen molar-refractivity contribution in [1.82, 2.24) is 9.21 Å². The molecule has 2 aromatic rings. The largest absolute Gasteiger partial charge is 0.459 e. The van der Waals surface area contributed by atoms with Crippen molar-refractivity contribution < 1.29 is 22.4 Å². The smallest absolute Gasteiger partial charge is 0.290 e. The number of rotatable bonds is 5. The first kappa shape index (κ1) is 21.6. The van der Waals surface area contributed by atoms with Gasteiger partial charge in [0.2, 0.25) is 15.9 Å². The number of likely N-dealkylation sites (tertiary alicyclic amines) is 1. The Hall–Kier alpha value is -2.65. The van der Waals surface area contributed by atoms with E-state index in [1.54, 1.807) is 24.3 Å². The fourth-order valence-electron chi connectivity index (χ4n) is 4.19. The highest BCUT2D eigenvalue weighted by atomic mass is 32.2. The highest BCUT2D eigenvalue weighted by Gasteiger charge is 2.36. The molecule has 1 atom stereocenters. The Morgan fingerprint density at radius 2 is 1.84 bits per heavy atom. The monoisotopic (exact) mass is 445 g/mol. The lowest BCUT2D eigenvalue weighted by Gasteiger charge is -2.26. The van der Waals surface area contributed by atoms with Gasteiger partial charge in [-0.05, 0) is 62.4 Å². The summed E-state index contributed by atoms with van der Waals surface area (Å²) in [4.78, 5) is 27.4. The first-order valence-corrected chi connectivity index (χ1v) is 12.1. The molecule has 1 aromatic heterocycles. The molecule has 4 rings (SSSR count). The van der Waals surface area contributed by atoms with Crippen molar-refractivity contribution in [3.05, 3.63) is 47.9 Å². The first-order chi connectivity index (χ1) is 14.9. The van der Waals surface area contributed by atoms with Gasteiger partial charge in [0.05, 0.1) is 11.2 Å². The highest BCUT2D eigenvalue weighted by molar-refractivity contribution is 7.89. The van der Waals surface area contributed by atoms with Gasteiger partial charge in [-0.25, -0.2) is 8.42 Å². The van der Waals surface area contributed by atoms with E-state index in [-0.39, 0.29) is 22.5 Å². The van der Waals surface area contributed by atoms with E-state index < -0.39 is 16.1 Å². The zero-order valence-corrected chi connectivity index (χ0v) is 18.4. The molecule has 3 heterocycles. The molecular weight excluding hydrogens is 418 g/mol. The minimum Gasteiger partial charge on any atom is -0.459 e. The fraction of sp³-hybridized carbons (Fsp3) is 0.455. The Morgan fingerprint density at radius 1 is 1.06 bits per heavy atom. The van der Waals surface area contributed by atoms with Gasteiger partial charge in [0.15, 0.2) is 5.76 Å². The Morgan fingerprint density at radius 3 is 2.55 bits per heavy atom. The summed E-state index contributed by atoms with van der Waals surface area (Å²) in [6.07, 6.45) is 5.44. The van der Waals surface area contributed by atoms with Crippen LogP contribution in [0.15, 0.2) is 45.9 Å². The van der Waals surface area contributed by atoms with Crippen LogP contribution in [0.25, 0.3) is 0 Å². The average molecular weight is 446 g/mol. The van der Waals surface area contributed by atoms with Gasteiger partial charge in [-0.1, -0.05) is 12.5 Å². The van der Waals surface area contributed by atoms with Crippen LogP contribution in [-0.4, -0.2) is 55.1 Å². The van der Waals surface area contributed by atoms with Gasteiger partial charge in [-0.2, -0.15) is 4.31 Å². The van der Waals surface area contributed by atoms with Gasteiger partial charge in [0, 0.05) is 25.3 Å². The topological polar surface area (TPSA) is 99.9 Å². The van der Waals surface area contributed by atoms with Crippen LogP contribution in [0.4, 0.5) is 5.69 Å². The maximum Gasteiger partial charge on any atom is 0.290 e. The molecule has 9 heteroatoms. The number of nitrogens with one attached hydrogen (secondary N) is 1. The van der Waals surface area contributed by atoms with Crippen molar-refractivity contribution in [2.75, 3.05) is 25.0 Å². The maximum atomic E-state index is 13.0. The molecule has 2 amide bonds. The molecule has 8 nitrogen and oxygen atoms in total. The number of hydrogen-bond acceptors (Lipinski definition) is 5. The molecule has 1 aromatic carbocycles. The maximum absolute atomic E-state index is 13.0. The predicted octanol–water partition coefficient (Wildman–Crippen LogP) is 3.01. The fourth-order valence-corrected chi connectivity index (χ4v) is 5.73. The molecule has 1 unspecified atom stereocenters. The number of piperidine rings is 1. The molecule has 31 heavy (non-hydrogen) atoms. The van der Waals surface area contributed by atoms with E-state index in [0.717, 1.165) is 24.8 Å². The van der Waals surface area contributed by atoms with E-state index in [2.05, 4.69) is 5.32 Å². The van der Waals surface area contributed by atoms with Gasteiger partial charge < -0.3 is 14.6 Å². The zero-order chi connectivity index (χ0) is 22.0. The summed E-state index contributed by atoms with van der Waals surface area (Å²) in [6, 6.07) is 7.39. The Kier molecular flexibility index (Phi) is 6.15. The highest BCUT2D eigenvalue weighted by Crippen LogP contribution is 2.27. The van der Waals surface area contributed by atoms with Crippen LogP contribution in [0, 0.1) is 6.92 Å². The molecule has 1 N–H and O–H groups in total. The lowest BCUT2D eigenvalue weighted by Crippen LogP contribution is -2.43. The molecule has 0 bridgehead atoms. The predicted molar refractivity (Wildman–Crippen MR) is 115 cm³/mol. The molecule has 0 radical (unpaired) electrons. The molecule has 0 spiro atoms. The number of aryl methyl sites for hydroxylation is 1. The van der Waals surface area contributed by atoms with Crippen molar-refractivity contribution in [1.29, 1.82) is 0 Å². The number of carbonyl (C=O) groups is 2. The Bertz CT molecular complexity index is 1060. The third-order valence-electron chi connectivity index (χ3n) is 5.97. The van der Waals surface area contributed by atoms with Crippen molar-refractivity contribution in [3.8, 4) is 0 Å². The van der Waals surface area contributed by atoms with Crippen LogP contribution in [0.2, 0.25) is 0 Å². The summed E-state index contributed by atoms with van der Waals surface area (Å²) in [5, 5.41) is 2.85. The van der Waals surface area contributed by atoms with Gasteiger partial charge >= 0.3 is 0 Å². The SMILES string of the molecule is Cc1ccc(S(=O)(=O)N2CCCCC2)cc1NC(=O)C1CCCN1C(=O)c1ccco1. The number of hydrogen-bond donors (Lipinski definition) is 1. The van der Waals surface area contributed by atoms with Crippen molar-refractivity contribution in [3.63, 3.8) is 0 Å². The second-order valence-corrected chi connectivity index (χ2v) is 10.0.